The first-order chi connectivity index (χ1) is 13.1. The van der Waals surface area contributed by atoms with Crippen molar-refractivity contribution >= 4 is 0 Å². The largest absolute Gasteiger partial charge is 0.393 e. The Labute approximate surface area is 173 Å². The van der Waals surface area contributed by atoms with Gasteiger partial charge in [-0.3, -0.25) is 0 Å². The van der Waals surface area contributed by atoms with Crippen LogP contribution in [0.1, 0.15) is 105 Å². The van der Waals surface area contributed by atoms with Crippen LogP contribution >= 0.6 is 0 Å². The summed E-state index contributed by atoms with van der Waals surface area (Å²) in [5, 5.41) is 20.4. The molecule has 2 N–H and O–H groups in total. The normalized spacial score (nSPS) is 53.0. The number of rotatable bonds is 4. The van der Waals surface area contributed by atoms with Gasteiger partial charge in [0, 0.05) is 0 Å². The standard InChI is InChI=1S/C26H46O2/c1-17(6-7-18(2)27)21-10-11-22-20-9-8-19-16-24(3,28)14-15-25(19,4)23(20)12-13-26(21,22)5/h17-23,27-28H,6-16H2,1-5H3/t17-,18-,19+,20+,21-,22+,23+,24+,25+,26-/m1/s1. The van der Waals surface area contributed by atoms with Gasteiger partial charge in [-0.1, -0.05) is 20.8 Å². The minimum absolute atomic E-state index is 0.151. The number of hydrogen-bond acceptors (Lipinski definition) is 2. The van der Waals surface area contributed by atoms with Gasteiger partial charge in [-0.15, -0.1) is 0 Å². The van der Waals surface area contributed by atoms with Gasteiger partial charge in [0.2, 0.25) is 0 Å². The van der Waals surface area contributed by atoms with Gasteiger partial charge in [-0.2, -0.15) is 0 Å². The van der Waals surface area contributed by atoms with Crippen molar-refractivity contribution in [3.05, 3.63) is 0 Å². The molecular weight excluding hydrogens is 344 g/mol. The monoisotopic (exact) mass is 390 g/mol. The Morgan fingerprint density at radius 3 is 2.25 bits per heavy atom. The molecule has 162 valence electrons. The smallest absolute Gasteiger partial charge is 0.0622 e. The maximum atomic E-state index is 10.7. The molecule has 0 aromatic rings. The average molecular weight is 391 g/mol. The second-order valence-electron chi connectivity index (χ2n) is 12.5. The van der Waals surface area contributed by atoms with E-state index >= 15 is 0 Å². The van der Waals surface area contributed by atoms with Gasteiger partial charge in [-0.05, 0) is 131 Å². The first kappa shape index (κ1) is 21.2. The molecule has 28 heavy (non-hydrogen) atoms. The molecule has 4 saturated carbocycles. The molecule has 4 aliphatic rings. The van der Waals surface area contributed by atoms with Crippen LogP contribution in [0.4, 0.5) is 0 Å². The van der Waals surface area contributed by atoms with E-state index in [0.717, 1.165) is 54.8 Å². The van der Waals surface area contributed by atoms with Crippen molar-refractivity contribution in [2.24, 2.45) is 46.3 Å². The Kier molecular flexibility index (Phi) is 5.49. The van der Waals surface area contributed by atoms with Crippen LogP contribution in [-0.2, 0) is 0 Å². The lowest BCUT2D eigenvalue weighted by atomic mass is 9.43. The van der Waals surface area contributed by atoms with Gasteiger partial charge in [0.15, 0.2) is 0 Å². The molecule has 10 atom stereocenters. The molecule has 4 fully saturated rings. The van der Waals surface area contributed by atoms with Gasteiger partial charge in [-0.25, -0.2) is 0 Å². The molecule has 0 aromatic heterocycles. The zero-order chi connectivity index (χ0) is 20.3. The highest BCUT2D eigenvalue weighted by Crippen LogP contribution is 2.68. The Morgan fingerprint density at radius 1 is 0.821 bits per heavy atom. The van der Waals surface area contributed by atoms with E-state index in [0.29, 0.717) is 10.8 Å². The average Bonchev–Trinajstić information content (AvgIpc) is 2.97. The predicted octanol–water partition coefficient (Wildman–Crippen LogP) is 6.19. The third kappa shape index (κ3) is 3.39. The molecule has 0 amide bonds. The number of hydrogen-bond donors (Lipinski definition) is 2. The summed E-state index contributed by atoms with van der Waals surface area (Å²) in [5.74, 6) is 5.09. The summed E-state index contributed by atoms with van der Waals surface area (Å²) in [7, 11) is 0. The quantitative estimate of drug-likeness (QED) is 0.600. The van der Waals surface area contributed by atoms with Crippen LogP contribution < -0.4 is 0 Å². The van der Waals surface area contributed by atoms with E-state index in [9.17, 15) is 10.2 Å². The minimum Gasteiger partial charge on any atom is -0.393 e. The fraction of sp³-hybridized carbons (Fsp3) is 1.00. The van der Waals surface area contributed by atoms with Crippen molar-refractivity contribution in [2.45, 2.75) is 117 Å². The first-order valence-electron chi connectivity index (χ1n) is 12.5. The summed E-state index contributed by atoms with van der Waals surface area (Å²) in [4.78, 5) is 0. The van der Waals surface area contributed by atoms with Crippen molar-refractivity contribution in [2.75, 3.05) is 0 Å². The molecule has 2 nitrogen and oxygen atoms in total. The van der Waals surface area contributed by atoms with Gasteiger partial charge < -0.3 is 10.2 Å². The Hall–Kier alpha value is -0.0800. The lowest BCUT2D eigenvalue weighted by molar-refractivity contribution is -0.148. The first-order valence-corrected chi connectivity index (χ1v) is 12.5. The highest BCUT2D eigenvalue weighted by atomic mass is 16.3. The molecule has 0 heterocycles. The third-order valence-corrected chi connectivity index (χ3v) is 10.8. The lowest BCUT2D eigenvalue weighted by Crippen LogP contribution is -2.55. The molecule has 0 aliphatic heterocycles. The number of aliphatic hydroxyl groups is 2. The van der Waals surface area contributed by atoms with Crippen molar-refractivity contribution in [1.29, 1.82) is 0 Å². The molecule has 4 rings (SSSR count). The molecule has 0 bridgehead atoms. The highest BCUT2D eigenvalue weighted by Gasteiger charge is 2.61. The Bertz CT molecular complexity index is 569. The summed E-state index contributed by atoms with van der Waals surface area (Å²) in [6, 6.07) is 0. The number of aliphatic hydroxyl groups excluding tert-OH is 1. The molecule has 0 unspecified atom stereocenters. The van der Waals surface area contributed by atoms with Crippen LogP contribution in [0.15, 0.2) is 0 Å². The van der Waals surface area contributed by atoms with Crippen molar-refractivity contribution in [3.8, 4) is 0 Å². The fourth-order valence-electron chi connectivity index (χ4n) is 9.11. The van der Waals surface area contributed by atoms with Crippen LogP contribution in [0.25, 0.3) is 0 Å². The molecule has 0 spiro atoms. The SMILES string of the molecule is C[C@H](CC[C@@H](C)O)[C@H]1CC[C@H]2[C@@H]3CC[C@H]4C[C@@](C)(O)CC[C@]4(C)[C@H]3CC[C@]12C. The van der Waals surface area contributed by atoms with Gasteiger partial charge in [0.25, 0.3) is 0 Å². The summed E-state index contributed by atoms with van der Waals surface area (Å²) < 4.78 is 0. The van der Waals surface area contributed by atoms with Crippen molar-refractivity contribution in [1.82, 2.24) is 0 Å². The minimum atomic E-state index is -0.419. The van der Waals surface area contributed by atoms with E-state index < -0.39 is 5.60 Å². The number of fused-ring (bicyclic) bond motifs is 5. The maximum Gasteiger partial charge on any atom is 0.0622 e. The Morgan fingerprint density at radius 2 is 1.54 bits per heavy atom. The van der Waals surface area contributed by atoms with Gasteiger partial charge >= 0.3 is 0 Å². The van der Waals surface area contributed by atoms with Crippen LogP contribution in [-0.4, -0.2) is 21.9 Å². The summed E-state index contributed by atoms with van der Waals surface area (Å²) >= 11 is 0. The molecule has 0 radical (unpaired) electrons. The highest BCUT2D eigenvalue weighted by molar-refractivity contribution is 5.10. The van der Waals surface area contributed by atoms with Crippen LogP contribution in [0, 0.1) is 46.3 Å². The van der Waals surface area contributed by atoms with Crippen molar-refractivity contribution < 1.29 is 10.2 Å². The predicted molar refractivity (Wildman–Crippen MR) is 116 cm³/mol. The second kappa shape index (κ2) is 7.26. The summed E-state index contributed by atoms with van der Waals surface area (Å²) in [5.41, 5.74) is 0.586. The molecule has 4 aliphatic carbocycles. The second-order valence-corrected chi connectivity index (χ2v) is 12.5. The molecular formula is C26H46O2. The van der Waals surface area contributed by atoms with E-state index in [-0.39, 0.29) is 6.10 Å². The molecule has 0 aromatic carbocycles. The van der Waals surface area contributed by atoms with E-state index in [1.165, 1.54) is 51.4 Å². The zero-order valence-corrected chi connectivity index (χ0v) is 19.2. The molecule has 0 saturated heterocycles. The van der Waals surface area contributed by atoms with Crippen molar-refractivity contribution in [3.63, 3.8) is 0 Å². The summed E-state index contributed by atoms with van der Waals surface area (Å²) in [6.45, 7) is 11.7. The van der Waals surface area contributed by atoms with E-state index in [1.807, 2.05) is 6.92 Å². The third-order valence-electron chi connectivity index (χ3n) is 10.8. The molecule has 2 heteroatoms. The van der Waals surface area contributed by atoms with Crippen LogP contribution in [0.3, 0.4) is 0 Å². The van der Waals surface area contributed by atoms with Crippen LogP contribution in [0.5, 0.6) is 0 Å². The topological polar surface area (TPSA) is 40.5 Å². The fourth-order valence-corrected chi connectivity index (χ4v) is 9.11. The Balaban J connectivity index is 1.50. The van der Waals surface area contributed by atoms with Crippen LogP contribution in [0.2, 0.25) is 0 Å². The van der Waals surface area contributed by atoms with E-state index in [4.69, 9.17) is 0 Å². The van der Waals surface area contributed by atoms with Gasteiger partial charge in [0.05, 0.1) is 11.7 Å². The lowest BCUT2D eigenvalue weighted by Gasteiger charge is -2.62. The zero-order valence-electron chi connectivity index (χ0n) is 19.2. The van der Waals surface area contributed by atoms with E-state index in [1.54, 1.807) is 0 Å². The van der Waals surface area contributed by atoms with E-state index in [2.05, 4.69) is 27.7 Å². The van der Waals surface area contributed by atoms with Gasteiger partial charge in [0.1, 0.15) is 0 Å². The maximum absolute atomic E-state index is 10.7. The summed E-state index contributed by atoms with van der Waals surface area (Å²) in [6.07, 6.45) is 13.7.